The Bertz CT molecular complexity index is 1170. The van der Waals surface area contributed by atoms with Gasteiger partial charge in [0, 0.05) is 49.9 Å². The van der Waals surface area contributed by atoms with Crippen molar-refractivity contribution in [2.24, 2.45) is 5.73 Å². The van der Waals surface area contributed by atoms with Crippen molar-refractivity contribution >= 4 is 18.0 Å². The maximum Gasteiger partial charge on any atom is 0.338 e. The zero-order chi connectivity index (χ0) is 23.5. The average Bonchev–Trinajstić information content (AvgIpc) is 3.18. The number of hydrogen-bond acceptors (Lipinski definition) is 9. The number of rotatable bonds is 6. The van der Waals surface area contributed by atoms with Gasteiger partial charge in [-0.05, 0) is 48.2 Å². The van der Waals surface area contributed by atoms with Crippen LogP contribution in [0.1, 0.15) is 44.2 Å². The third-order valence-electron chi connectivity index (χ3n) is 6.12. The zero-order valence-electron chi connectivity index (χ0n) is 18.7. The van der Waals surface area contributed by atoms with Crippen LogP contribution in [0.3, 0.4) is 0 Å². The van der Waals surface area contributed by atoms with E-state index in [1.807, 2.05) is 26.0 Å². The number of cyclic esters (lactones) is 1. The third kappa shape index (κ3) is 4.78. The summed E-state index contributed by atoms with van der Waals surface area (Å²) in [6, 6.07) is 7.71. The molecule has 0 saturated carbocycles. The fraction of sp³-hybridized carbons (Fsp3) is 0.333. The number of nitrogens with zero attached hydrogens (tertiary/aromatic N) is 3. The first-order chi connectivity index (χ1) is 15.9. The Hall–Kier alpha value is -3.58. The lowest BCUT2D eigenvalue weighted by Crippen LogP contribution is -2.56. The molecule has 4 rings (SSSR count). The number of carbonyl (C=O) groups is 1. The number of benzene rings is 1. The highest BCUT2D eigenvalue weighted by atomic mass is 16.5. The Labute approximate surface area is 192 Å². The van der Waals surface area contributed by atoms with E-state index < -0.39 is 0 Å². The summed E-state index contributed by atoms with van der Waals surface area (Å²) in [6.07, 6.45) is 4.38. The fourth-order valence-electron chi connectivity index (χ4n) is 4.35. The highest BCUT2D eigenvalue weighted by Gasteiger charge is 2.30. The molecule has 0 spiro atoms. The van der Waals surface area contributed by atoms with Crippen LogP contribution >= 0.6 is 0 Å². The van der Waals surface area contributed by atoms with Crippen LogP contribution in [0.15, 0.2) is 36.2 Å². The van der Waals surface area contributed by atoms with Crippen LogP contribution in [0.2, 0.25) is 0 Å². The third-order valence-corrected chi connectivity index (χ3v) is 6.12. The van der Waals surface area contributed by atoms with Gasteiger partial charge in [0.15, 0.2) is 0 Å². The second-order valence-corrected chi connectivity index (χ2v) is 8.41. The molecular weight excluding hydrogens is 418 g/mol. The van der Waals surface area contributed by atoms with E-state index in [1.165, 1.54) is 12.4 Å². The van der Waals surface area contributed by atoms with Crippen molar-refractivity contribution in [1.29, 1.82) is 10.7 Å². The number of ether oxygens (including phenoxy) is 1. The minimum absolute atomic E-state index is 0.00228. The number of carbonyl (C=O) groups excluding carboxylic acids is 1. The van der Waals surface area contributed by atoms with E-state index in [4.69, 9.17) is 21.1 Å². The molecule has 2 atom stereocenters. The van der Waals surface area contributed by atoms with Crippen molar-refractivity contribution < 1.29 is 9.53 Å². The average molecular weight is 446 g/mol. The van der Waals surface area contributed by atoms with E-state index in [0.717, 1.165) is 27.8 Å². The SMILES string of the molecule is Cc1cc(N/C=C(\C=N)CN2C[C@@H](c3ccc4c(c3C)COC4=O)N[C@@H](N)C2)ncc1C#N. The first-order valence-corrected chi connectivity index (χ1v) is 10.8. The largest absolute Gasteiger partial charge is 0.457 e. The van der Waals surface area contributed by atoms with Crippen LogP contribution in [-0.2, 0) is 11.3 Å². The number of fused-ring (bicyclic) bond motifs is 1. The molecule has 0 amide bonds. The van der Waals surface area contributed by atoms with Crippen molar-refractivity contribution in [2.75, 3.05) is 25.0 Å². The molecule has 9 nitrogen and oxygen atoms in total. The smallest absolute Gasteiger partial charge is 0.338 e. The lowest BCUT2D eigenvalue weighted by Gasteiger charge is -2.38. The molecule has 5 N–H and O–H groups in total. The van der Waals surface area contributed by atoms with Crippen LogP contribution in [-0.4, -0.2) is 47.9 Å². The topological polar surface area (TPSA) is 140 Å². The lowest BCUT2D eigenvalue weighted by atomic mass is 9.92. The predicted molar refractivity (Wildman–Crippen MR) is 125 cm³/mol. The van der Waals surface area contributed by atoms with Crippen LogP contribution in [0.4, 0.5) is 5.82 Å². The molecule has 170 valence electrons. The Morgan fingerprint density at radius 3 is 3.00 bits per heavy atom. The number of nitrogens with one attached hydrogen (secondary N) is 3. The van der Waals surface area contributed by atoms with Crippen molar-refractivity contribution in [2.45, 2.75) is 32.7 Å². The lowest BCUT2D eigenvalue weighted by molar-refractivity contribution is 0.0535. The van der Waals surface area contributed by atoms with Gasteiger partial charge < -0.3 is 21.2 Å². The minimum atomic E-state index is -0.269. The number of anilines is 1. The Morgan fingerprint density at radius 2 is 2.27 bits per heavy atom. The van der Waals surface area contributed by atoms with Crippen molar-refractivity contribution in [3.63, 3.8) is 0 Å². The summed E-state index contributed by atoms with van der Waals surface area (Å²) in [5.41, 5.74) is 12.2. The highest BCUT2D eigenvalue weighted by molar-refractivity contribution is 5.94. The molecule has 1 aromatic carbocycles. The van der Waals surface area contributed by atoms with Crippen LogP contribution < -0.4 is 16.4 Å². The first kappa shape index (κ1) is 22.6. The molecule has 3 heterocycles. The van der Waals surface area contributed by atoms with Gasteiger partial charge in [0.2, 0.25) is 0 Å². The molecule has 2 aliphatic heterocycles. The van der Waals surface area contributed by atoms with Gasteiger partial charge in [-0.25, -0.2) is 9.78 Å². The molecule has 0 aliphatic carbocycles. The number of pyridine rings is 1. The van der Waals surface area contributed by atoms with Crippen molar-refractivity contribution in [3.05, 3.63) is 69.5 Å². The van der Waals surface area contributed by atoms with E-state index >= 15 is 0 Å². The Balaban J connectivity index is 1.47. The molecule has 0 radical (unpaired) electrons. The second kappa shape index (κ2) is 9.50. The molecule has 2 aromatic rings. The molecule has 0 bridgehead atoms. The van der Waals surface area contributed by atoms with Gasteiger partial charge in [0.1, 0.15) is 18.5 Å². The van der Waals surface area contributed by atoms with Crippen LogP contribution in [0.25, 0.3) is 0 Å². The Kier molecular flexibility index (Phi) is 6.51. The summed E-state index contributed by atoms with van der Waals surface area (Å²) in [6.45, 7) is 6.08. The van der Waals surface area contributed by atoms with Crippen LogP contribution in [0, 0.1) is 30.6 Å². The molecule has 33 heavy (non-hydrogen) atoms. The number of nitrogens with two attached hydrogens (primary N) is 1. The maximum absolute atomic E-state index is 11.9. The zero-order valence-corrected chi connectivity index (χ0v) is 18.7. The van der Waals surface area contributed by atoms with E-state index in [-0.39, 0.29) is 18.2 Å². The molecule has 1 saturated heterocycles. The van der Waals surface area contributed by atoms with E-state index in [2.05, 4.69) is 26.6 Å². The van der Waals surface area contributed by atoms with Crippen LogP contribution in [0.5, 0.6) is 0 Å². The first-order valence-electron chi connectivity index (χ1n) is 10.8. The van der Waals surface area contributed by atoms with Gasteiger partial charge in [-0.2, -0.15) is 5.26 Å². The van der Waals surface area contributed by atoms with Gasteiger partial charge in [-0.1, -0.05) is 6.07 Å². The van der Waals surface area contributed by atoms with Gasteiger partial charge >= 0.3 is 5.97 Å². The monoisotopic (exact) mass is 445 g/mol. The van der Waals surface area contributed by atoms with E-state index in [9.17, 15) is 4.79 Å². The summed E-state index contributed by atoms with van der Waals surface area (Å²) >= 11 is 0. The number of aromatic nitrogens is 1. The Morgan fingerprint density at radius 1 is 1.45 bits per heavy atom. The standard InChI is InChI=1S/C24H27N7O2/c1-14-5-23(29-9-17(14)7-26)28-8-16(6-25)10-31-11-21(30-22(27)12-31)18-3-4-19-20(15(18)2)13-33-24(19)32/h3-6,8-9,21-22,25,30H,10-13,27H2,1-2H3,(H,28,29)/b16-8+,25-6?/t21-,22+/m0/s1. The summed E-state index contributed by atoms with van der Waals surface area (Å²) in [7, 11) is 0. The summed E-state index contributed by atoms with van der Waals surface area (Å²) in [5.74, 6) is 0.348. The number of hydrogen-bond donors (Lipinski definition) is 4. The van der Waals surface area contributed by atoms with E-state index in [0.29, 0.717) is 43.2 Å². The normalized spacial score (nSPS) is 20.7. The fourth-order valence-corrected chi connectivity index (χ4v) is 4.35. The minimum Gasteiger partial charge on any atom is -0.457 e. The molecule has 0 unspecified atom stereocenters. The second-order valence-electron chi connectivity index (χ2n) is 8.41. The quantitative estimate of drug-likeness (QED) is 0.391. The number of esters is 1. The van der Waals surface area contributed by atoms with Gasteiger partial charge in [-0.15, -0.1) is 0 Å². The number of nitriles is 1. The summed E-state index contributed by atoms with van der Waals surface area (Å²) < 4.78 is 5.18. The van der Waals surface area contributed by atoms with Gasteiger partial charge in [0.05, 0.1) is 17.3 Å². The van der Waals surface area contributed by atoms with Gasteiger partial charge in [-0.3, -0.25) is 10.2 Å². The van der Waals surface area contributed by atoms with Gasteiger partial charge in [0.25, 0.3) is 0 Å². The van der Waals surface area contributed by atoms with E-state index in [1.54, 1.807) is 12.3 Å². The number of aryl methyl sites for hydroxylation is 1. The van der Waals surface area contributed by atoms with Crippen molar-refractivity contribution in [3.8, 4) is 6.07 Å². The predicted octanol–water partition coefficient (Wildman–Crippen LogP) is 2.12. The number of piperazine rings is 1. The molecular formula is C24H27N7O2. The van der Waals surface area contributed by atoms with Crippen molar-refractivity contribution in [1.82, 2.24) is 15.2 Å². The molecule has 1 fully saturated rings. The highest BCUT2D eigenvalue weighted by Crippen LogP contribution is 2.30. The molecule has 2 aliphatic rings. The maximum atomic E-state index is 11.9. The molecule has 1 aromatic heterocycles. The summed E-state index contributed by atoms with van der Waals surface area (Å²) in [4.78, 5) is 18.3. The summed E-state index contributed by atoms with van der Waals surface area (Å²) in [5, 5.41) is 23.5. The molecule has 9 heteroatoms.